The van der Waals surface area contributed by atoms with Crippen LogP contribution in [-0.2, 0) is 17.2 Å². The van der Waals surface area contributed by atoms with Gasteiger partial charge in [-0.3, -0.25) is 4.79 Å². The lowest BCUT2D eigenvalue weighted by molar-refractivity contribution is -0.128. The number of rotatable bonds is 5. The Labute approximate surface area is 167 Å². The Hall–Kier alpha value is -2.24. The number of fused-ring (bicyclic) bond motifs is 1. The molecule has 3 aromatic rings. The van der Waals surface area contributed by atoms with E-state index in [1.165, 1.54) is 0 Å². The Morgan fingerprint density at radius 3 is 2.70 bits per heavy atom. The van der Waals surface area contributed by atoms with Gasteiger partial charge in [0.1, 0.15) is 11.6 Å². The summed E-state index contributed by atoms with van der Waals surface area (Å²) in [5.41, 5.74) is 2.84. The third-order valence-corrected chi connectivity index (χ3v) is 5.41. The van der Waals surface area contributed by atoms with Crippen molar-refractivity contribution >= 4 is 40.1 Å². The maximum absolute atomic E-state index is 12.6. The smallest absolute Gasteiger partial charge is 0.225 e. The van der Waals surface area contributed by atoms with Gasteiger partial charge in [0.2, 0.25) is 5.91 Å². The van der Waals surface area contributed by atoms with Gasteiger partial charge in [-0.1, -0.05) is 23.7 Å². The number of nitrogens with zero attached hydrogens (tertiary/aromatic N) is 3. The molecule has 0 radical (unpaired) electrons. The first-order chi connectivity index (χ1) is 13.1. The Balaban J connectivity index is 1.59. The summed E-state index contributed by atoms with van der Waals surface area (Å²) in [7, 11) is 1.64. The highest BCUT2D eigenvalue weighted by atomic mass is 35.5. The van der Waals surface area contributed by atoms with Crippen LogP contribution >= 0.6 is 23.2 Å². The van der Waals surface area contributed by atoms with Crippen molar-refractivity contribution in [2.24, 2.45) is 0 Å². The number of hydrogen-bond donors (Lipinski definition) is 0. The fourth-order valence-corrected chi connectivity index (χ4v) is 4.01. The van der Waals surface area contributed by atoms with Gasteiger partial charge in [-0.05, 0) is 35.9 Å². The number of hydrogen-bond acceptors (Lipinski definition) is 3. The standard InChI is InChI=1S/C20H19Cl2N3O2/c1-27-16-5-2-13(3-6-16)11-24-12-15(9-20(24)26)25-18-7-4-14(22)8-17(18)23-19(25)10-21/h2-8,15H,9-12H2,1H3. The van der Waals surface area contributed by atoms with Crippen molar-refractivity contribution in [2.75, 3.05) is 13.7 Å². The van der Waals surface area contributed by atoms with Crippen LogP contribution in [0, 0.1) is 0 Å². The van der Waals surface area contributed by atoms with E-state index in [0.29, 0.717) is 24.5 Å². The molecule has 1 fully saturated rings. The number of alkyl halides is 1. The minimum Gasteiger partial charge on any atom is -0.497 e. The summed E-state index contributed by atoms with van der Waals surface area (Å²) < 4.78 is 7.28. The van der Waals surface area contributed by atoms with Gasteiger partial charge in [-0.2, -0.15) is 0 Å². The van der Waals surface area contributed by atoms with E-state index in [1.807, 2.05) is 47.4 Å². The quantitative estimate of drug-likeness (QED) is 0.592. The van der Waals surface area contributed by atoms with Gasteiger partial charge in [0.15, 0.2) is 0 Å². The summed E-state index contributed by atoms with van der Waals surface area (Å²) >= 11 is 12.2. The van der Waals surface area contributed by atoms with Gasteiger partial charge >= 0.3 is 0 Å². The van der Waals surface area contributed by atoms with E-state index in [9.17, 15) is 4.79 Å². The number of imidazole rings is 1. The predicted molar refractivity (Wildman–Crippen MR) is 106 cm³/mol. The molecule has 0 saturated carbocycles. The molecule has 1 aliphatic rings. The molecular weight excluding hydrogens is 385 g/mol. The highest BCUT2D eigenvalue weighted by Gasteiger charge is 2.32. The summed E-state index contributed by atoms with van der Waals surface area (Å²) in [5.74, 6) is 1.99. The number of carbonyl (C=O) groups excluding carboxylic acids is 1. The lowest BCUT2D eigenvalue weighted by atomic mass is 10.2. The van der Waals surface area contributed by atoms with E-state index in [2.05, 4.69) is 9.55 Å². The van der Waals surface area contributed by atoms with E-state index in [4.69, 9.17) is 27.9 Å². The zero-order valence-corrected chi connectivity index (χ0v) is 16.4. The molecule has 0 aliphatic carbocycles. The Bertz CT molecular complexity index is 985. The molecule has 1 aliphatic heterocycles. The van der Waals surface area contributed by atoms with Crippen LogP contribution in [0.2, 0.25) is 5.02 Å². The normalized spacial score (nSPS) is 17.1. The second-order valence-electron chi connectivity index (χ2n) is 6.64. The molecule has 0 bridgehead atoms. The monoisotopic (exact) mass is 403 g/mol. The van der Waals surface area contributed by atoms with Crippen LogP contribution in [0.15, 0.2) is 42.5 Å². The van der Waals surface area contributed by atoms with Crippen LogP contribution in [0.1, 0.15) is 23.9 Å². The van der Waals surface area contributed by atoms with Crippen LogP contribution in [0.5, 0.6) is 5.75 Å². The second-order valence-corrected chi connectivity index (χ2v) is 7.35. The van der Waals surface area contributed by atoms with Crippen LogP contribution in [-0.4, -0.2) is 34.0 Å². The largest absolute Gasteiger partial charge is 0.497 e. The second kappa shape index (κ2) is 7.41. The molecule has 0 N–H and O–H groups in total. The van der Waals surface area contributed by atoms with Crippen molar-refractivity contribution in [3.63, 3.8) is 0 Å². The molecule has 2 aromatic carbocycles. The fraction of sp³-hybridized carbons (Fsp3) is 0.300. The van der Waals surface area contributed by atoms with Crippen molar-refractivity contribution < 1.29 is 9.53 Å². The van der Waals surface area contributed by atoms with E-state index in [1.54, 1.807) is 7.11 Å². The number of amides is 1. The van der Waals surface area contributed by atoms with Crippen LogP contribution < -0.4 is 4.74 Å². The molecule has 1 atom stereocenters. The molecule has 5 nitrogen and oxygen atoms in total. The summed E-state index contributed by atoms with van der Waals surface area (Å²) in [4.78, 5) is 19.1. The van der Waals surface area contributed by atoms with E-state index in [-0.39, 0.29) is 17.8 Å². The maximum Gasteiger partial charge on any atom is 0.225 e. The van der Waals surface area contributed by atoms with Crippen molar-refractivity contribution in [2.45, 2.75) is 24.9 Å². The summed E-state index contributed by atoms with van der Waals surface area (Å²) in [6, 6.07) is 13.4. The topological polar surface area (TPSA) is 47.4 Å². The number of benzene rings is 2. The Morgan fingerprint density at radius 2 is 2.00 bits per heavy atom. The lowest BCUT2D eigenvalue weighted by Gasteiger charge is -2.19. The zero-order valence-electron chi connectivity index (χ0n) is 14.9. The highest BCUT2D eigenvalue weighted by molar-refractivity contribution is 6.31. The third kappa shape index (κ3) is 3.49. The summed E-state index contributed by atoms with van der Waals surface area (Å²) in [6.07, 6.45) is 0.439. The Morgan fingerprint density at radius 1 is 1.22 bits per heavy atom. The number of carbonyl (C=O) groups is 1. The van der Waals surface area contributed by atoms with Gasteiger partial charge < -0.3 is 14.2 Å². The molecule has 1 saturated heterocycles. The first-order valence-corrected chi connectivity index (χ1v) is 9.63. The number of aromatic nitrogens is 2. The van der Waals surface area contributed by atoms with Gasteiger partial charge in [0.05, 0.1) is 30.1 Å². The molecule has 7 heteroatoms. The van der Waals surface area contributed by atoms with Gasteiger partial charge in [0.25, 0.3) is 0 Å². The zero-order chi connectivity index (χ0) is 19.0. The average molecular weight is 404 g/mol. The first kappa shape index (κ1) is 18.1. The number of ether oxygens (including phenoxy) is 1. The third-order valence-electron chi connectivity index (χ3n) is 4.94. The molecule has 140 valence electrons. The Kier molecular flexibility index (Phi) is 4.98. The first-order valence-electron chi connectivity index (χ1n) is 8.72. The predicted octanol–water partition coefficient (Wildman–Crippen LogP) is 4.41. The SMILES string of the molecule is COc1ccc(CN2CC(n3c(CCl)nc4cc(Cl)ccc43)CC2=O)cc1. The minimum absolute atomic E-state index is 0.00988. The molecule has 1 aromatic heterocycles. The van der Waals surface area contributed by atoms with Crippen molar-refractivity contribution in [3.05, 3.63) is 58.9 Å². The summed E-state index contributed by atoms with van der Waals surface area (Å²) in [5, 5.41) is 0.636. The van der Waals surface area contributed by atoms with Gasteiger partial charge in [-0.15, -0.1) is 11.6 Å². The molecule has 4 rings (SSSR count). The maximum atomic E-state index is 12.6. The molecule has 2 heterocycles. The van der Waals surface area contributed by atoms with Crippen LogP contribution in [0.3, 0.4) is 0 Å². The molecule has 1 unspecified atom stereocenters. The molecular formula is C20H19Cl2N3O2. The number of halogens is 2. The summed E-state index contributed by atoms with van der Waals surface area (Å²) in [6.45, 7) is 1.21. The van der Waals surface area contributed by atoms with Crippen molar-refractivity contribution in [3.8, 4) is 5.75 Å². The highest BCUT2D eigenvalue weighted by Crippen LogP contribution is 2.31. The van der Waals surface area contributed by atoms with Crippen molar-refractivity contribution in [1.82, 2.24) is 14.5 Å². The van der Waals surface area contributed by atoms with E-state index < -0.39 is 0 Å². The number of methoxy groups -OCH3 is 1. The van der Waals surface area contributed by atoms with Crippen LogP contribution in [0.25, 0.3) is 11.0 Å². The molecule has 1 amide bonds. The fourth-order valence-electron chi connectivity index (χ4n) is 3.65. The minimum atomic E-state index is 0.00988. The molecule has 27 heavy (non-hydrogen) atoms. The van der Waals surface area contributed by atoms with E-state index in [0.717, 1.165) is 28.2 Å². The van der Waals surface area contributed by atoms with Gasteiger partial charge in [0, 0.05) is 24.5 Å². The van der Waals surface area contributed by atoms with Crippen LogP contribution in [0.4, 0.5) is 0 Å². The van der Waals surface area contributed by atoms with E-state index >= 15 is 0 Å². The number of likely N-dealkylation sites (tertiary alicyclic amines) is 1. The average Bonchev–Trinajstić information content (AvgIpc) is 3.21. The lowest BCUT2D eigenvalue weighted by Crippen LogP contribution is -2.25. The van der Waals surface area contributed by atoms with Crippen molar-refractivity contribution in [1.29, 1.82) is 0 Å². The molecule has 0 spiro atoms. The van der Waals surface area contributed by atoms with Gasteiger partial charge in [-0.25, -0.2) is 4.98 Å².